The number of nitrogens with one attached hydrogen (secondary N) is 2. The van der Waals surface area contributed by atoms with Crippen molar-refractivity contribution in [2.75, 3.05) is 18.2 Å². The molecule has 15 heteroatoms. The second-order valence-electron chi connectivity index (χ2n) is 8.60. The standard InChI is InChI=1S/C27H23BrFN9O4/c1-40-22-12-16(11-19(28)24(22)41-15-17-7-5-6-10-20(17)29)13-32-34-27(39)23-21(14-31-18-8-3-2-4-9-18)38(37-33-23)26-25(30)35-42-36-26/h2-13,31H,14-15H2,1H3,(H2,30,35)(H,34,39)/b32-13-. The third kappa shape index (κ3) is 6.36. The molecule has 2 aromatic heterocycles. The highest BCUT2D eigenvalue weighted by atomic mass is 79.9. The molecule has 2 heterocycles. The van der Waals surface area contributed by atoms with Crippen LogP contribution >= 0.6 is 15.9 Å². The number of carbonyl (C=O) groups is 1. The maximum atomic E-state index is 14.0. The highest BCUT2D eigenvalue weighted by Crippen LogP contribution is 2.37. The van der Waals surface area contributed by atoms with Crippen LogP contribution in [0.4, 0.5) is 15.9 Å². The van der Waals surface area contributed by atoms with E-state index >= 15 is 0 Å². The van der Waals surface area contributed by atoms with Crippen LogP contribution < -0.4 is 25.9 Å². The van der Waals surface area contributed by atoms with Gasteiger partial charge in [-0.2, -0.15) is 9.78 Å². The number of hydrazone groups is 1. The van der Waals surface area contributed by atoms with Gasteiger partial charge in [0.05, 0.1) is 30.0 Å². The Labute approximate surface area is 246 Å². The molecule has 0 bridgehead atoms. The number of hydrogen-bond acceptors (Lipinski definition) is 11. The third-order valence-electron chi connectivity index (χ3n) is 5.87. The van der Waals surface area contributed by atoms with Crippen molar-refractivity contribution in [1.29, 1.82) is 0 Å². The number of nitrogens with two attached hydrogens (primary N) is 1. The van der Waals surface area contributed by atoms with E-state index in [1.807, 2.05) is 30.3 Å². The van der Waals surface area contributed by atoms with Crippen LogP contribution in [0.5, 0.6) is 11.5 Å². The summed E-state index contributed by atoms with van der Waals surface area (Å²) in [5.74, 6) is -0.170. The van der Waals surface area contributed by atoms with Crippen molar-refractivity contribution in [2.24, 2.45) is 5.10 Å². The lowest BCUT2D eigenvalue weighted by Crippen LogP contribution is -2.21. The molecule has 0 radical (unpaired) electrons. The number of methoxy groups -OCH3 is 1. The number of ether oxygens (including phenoxy) is 2. The van der Waals surface area contributed by atoms with Crippen LogP contribution in [-0.2, 0) is 13.2 Å². The lowest BCUT2D eigenvalue weighted by Gasteiger charge is -2.14. The summed E-state index contributed by atoms with van der Waals surface area (Å²) in [4.78, 5) is 13.1. The molecule has 0 aliphatic heterocycles. The Morgan fingerprint density at radius 3 is 2.69 bits per heavy atom. The molecule has 0 saturated heterocycles. The maximum absolute atomic E-state index is 14.0. The van der Waals surface area contributed by atoms with Gasteiger partial charge in [-0.3, -0.25) is 4.79 Å². The molecule has 13 nitrogen and oxygen atoms in total. The van der Waals surface area contributed by atoms with Crippen LogP contribution in [0.1, 0.15) is 27.3 Å². The summed E-state index contributed by atoms with van der Waals surface area (Å²) in [7, 11) is 1.48. The van der Waals surface area contributed by atoms with Crippen molar-refractivity contribution in [3.8, 4) is 17.3 Å². The number of hydrogen-bond donors (Lipinski definition) is 3. The Morgan fingerprint density at radius 2 is 1.95 bits per heavy atom. The molecular formula is C27H23BrFN9O4. The number of benzene rings is 3. The fourth-order valence-electron chi connectivity index (χ4n) is 3.82. The quantitative estimate of drug-likeness (QED) is 0.142. The lowest BCUT2D eigenvalue weighted by atomic mass is 10.2. The summed E-state index contributed by atoms with van der Waals surface area (Å²) in [5.41, 5.74) is 10.4. The van der Waals surface area contributed by atoms with Gasteiger partial charge in [0.1, 0.15) is 12.4 Å². The van der Waals surface area contributed by atoms with Gasteiger partial charge in [-0.05, 0) is 62.1 Å². The van der Waals surface area contributed by atoms with Crippen molar-refractivity contribution in [3.63, 3.8) is 0 Å². The average molecular weight is 636 g/mol. The molecule has 0 unspecified atom stereocenters. The van der Waals surface area contributed by atoms with Crippen LogP contribution in [0.25, 0.3) is 5.82 Å². The van der Waals surface area contributed by atoms with Crippen molar-refractivity contribution < 1.29 is 23.3 Å². The molecule has 0 atom stereocenters. The van der Waals surface area contributed by atoms with Crippen molar-refractivity contribution in [1.82, 2.24) is 30.7 Å². The molecule has 0 saturated carbocycles. The van der Waals surface area contributed by atoms with Gasteiger partial charge < -0.3 is 20.5 Å². The minimum Gasteiger partial charge on any atom is -0.493 e. The Bertz CT molecular complexity index is 1730. The molecule has 42 heavy (non-hydrogen) atoms. The van der Waals surface area contributed by atoms with E-state index in [2.05, 4.69) is 57.0 Å². The Hall–Kier alpha value is -5.31. The number of nitrogen functional groups attached to an aromatic ring is 1. The normalized spacial score (nSPS) is 11.0. The lowest BCUT2D eigenvalue weighted by molar-refractivity contribution is 0.0949. The largest absolute Gasteiger partial charge is 0.493 e. The molecule has 0 aliphatic rings. The van der Waals surface area contributed by atoms with E-state index in [-0.39, 0.29) is 36.3 Å². The minimum atomic E-state index is -0.631. The second-order valence-corrected chi connectivity index (χ2v) is 9.46. The van der Waals surface area contributed by atoms with E-state index < -0.39 is 5.91 Å². The van der Waals surface area contributed by atoms with E-state index in [0.717, 1.165) is 5.69 Å². The third-order valence-corrected chi connectivity index (χ3v) is 6.46. The van der Waals surface area contributed by atoms with Gasteiger partial charge in [-0.1, -0.05) is 41.6 Å². The van der Waals surface area contributed by atoms with Gasteiger partial charge in [0.2, 0.25) is 11.6 Å². The molecule has 0 fully saturated rings. The van der Waals surface area contributed by atoms with Crippen LogP contribution in [0.15, 0.2) is 80.9 Å². The fraction of sp³-hybridized carbons (Fsp3) is 0.111. The molecule has 4 N–H and O–H groups in total. The predicted octanol–water partition coefficient (Wildman–Crippen LogP) is 4.10. The zero-order valence-electron chi connectivity index (χ0n) is 22.0. The zero-order chi connectivity index (χ0) is 29.5. The van der Waals surface area contributed by atoms with Crippen LogP contribution in [0.2, 0.25) is 0 Å². The van der Waals surface area contributed by atoms with Gasteiger partial charge in [0, 0.05) is 11.3 Å². The van der Waals surface area contributed by atoms with Crippen LogP contribution in [0, 0.1) is 5.82 Å². The van der Waals surface area contributed by atoms with Crippen LogP contribution in [-0.4, -0.2) is 44.5 Å². The SMILES string of the molecule is COc1cc(/C=N\NC(=O)c2nnn(-c3nonc3N)c2CNc2ccccc2)cc(Br)c1OCc1ccccc1F. The van der Waals surface area contributed by atoms with Crippen LogP contribution in [0.3, 0.4) is 0 Å². The first-order valence-electron chi connectivity index (χ1n) is 12.3. The summed E-state index contributed by atoms with van der Waals surface area (Å²) in [6.45, 7) is 0.150. The van der Waals surface area contributed by atoms with Gasteiger partial charge in [-0.15, -0.1) is 5.10 Å². The molecule has 5 rings (SSSR count). The molecule has 214 valence electrons. The van der Waals surface area contributed by atoms with Gasteiger partial charge in [0.15, 0.2) is 17.2 Å². The van der Waals surface area contributed by atoms with Crippen molar-refractivity contribution in [2.45, 2.75) is 13.2 Å². The molecule has 0 spiro atoms. The first-order valence-corrected chi connectivity index (χ1v) is 13.1. The molecule has 3 aromatic carbocycles. The van der Waals surface area contributed by atoms with E-state index in [4.69, 9.17) is 15.2 Å². The summed E-state index contributed by atoms with van der Waals surface area (Å²) in [6.07, 6.45) is 1.41. The highest BCUT2D eigenvalue weighted by Gasteiger charge is 2.24. The van der Waals surface area contributed by atoms with Crippen molar-refractivity contribution in [3.05, 3.63) is 99.5 Å². The number of carbonyl (C=O) groups excluding carboxylic acids is 1. The second kappa shape index (κ2) is 12.9. The van der Waals surface area contributed by atoms with E-state index in [1.54, 1.807) is 30.3 Å². The number of halogens is 2. The number of aromatic nitrogens is 5. The molecule has 5 aromatic rings. The maximum Gasteiger partial charge on any atom is 0.293 e. The first kappa shape index (κ1) is 28.2. The fourth-order valence-corrected chi connectivity index (χ4v) is 4.40. The zero-order valence-corrected chi connectivity index (χ0v) is 23.6. The highest BCUT2D eigenvalue weighted by molar-refractivity contribution is 9.10. The van der Waals surface area contributed by atoms with E-state index in [9.17, 15) is 9.18 Å². The predicted molar refractivity (Wildman–Crippen MR) is 154 cm³/mol. The van der Waals surface area contributed by atoms with Crippen molar-refractivity contribution >= 4 is 39.6 Å². The summed E-state index contributed by atoms with van der Waals surface area (Å²) < 4.78 is 31.8. The van der Waals surface area contributed by atoms with E-state index in [1.165, 1.54) is 24.1 Å². The van der Waals surface area contributed by atoms with Gasteiger partial charge >= 0.3 is 0 Å². The molecular weight excluding hydrogens is 613 g/mol. The topological polar surface area (TPSA) is 168 Å². The first-order chi connectivity index (χ1) is 20.4. The Morgan fingerprint density at radius 1 is 1.17 bits per heavy atom. The summed E-state index contributed by atoms with van der Waals surface area (Å²) >= 11 is 3.46. The minimum absolute atomic E-state index is 0.00330. The average Bonchev–Trinajstić information content (AvgIpc) is 3.62. The monoisotopic (exact) mass is 635 g/mol. The summed E-state index contributed by atoms with van der Waals surface area (Å²) in [5, 5.41) is 22.6. The smallest absolute Gasteiger partial charge is 0.293 e. The number of rotatable bonds is 11. The number of nitrogens with zero attached hydrogens (tertiary/aromatic N) is 6. The molecule has 0 aliphatic carbocycles. The molecule has 1 amide bonds. The van der Waals surface area contributed by atoms with Gasteiger partial charge in [0.25, 0.3) is 5.91 Å². The van der Waals surface area contributed by atoms with E-state index in [0.29, 0.717) is 32.8 Å². The number of para-hydroxylation sites is 1. The number of anilines is 2. The summed E-state index contributed by atoms with van der Waals surface area (Å²) in [6, 6.07) is 19.1. The van der Waals surface area contributed by atoms with Gasteiger partial charge in [-0.25, -0.2) is 14.4 Å². The Kier molecular flexibility index (Phi) is 8.67. The number of amides is 1. The Balaban J connectivity index is 1.32.